The van der Waals surface area contributed by atoms with Gasteiger partial charge in [-0.3, -0.25) is 0 Å². The smallest absolute Gasteiger partial charge is 0.258 e. The van der Waals surface area contributed by atoms with Gasteiger partial charge in [-0.1, -0.05) is 5.16 Å². The highest BCUT2D eigenvalue weighted by atomic mass is 79.9. The van der Waals surface area contributed by atoms with Gasteiger partial charge in [0.15, 0.2) is 5.82 Å². The number of halogens is 1. The molecule has 2 rings (SSSR count). The first kappa shape index (κ1) is 9.82. The predicted octanol–water partition coefficient (Wildman–Crippen LogP) is 2.06. The fourth-order valence-corrected chi connectivity index (χ4v) is 2.15. The molecule has 14 heavy (non-hydrogen) atoms. The summed E-state index contributed by atoms with van der Waals surface area (Å²) >= 11 is 4.96. The van der Waals surface area contributed by atoms with Crippen LogP contribution in [0.5, 0.6) is 0 Å². The standard InChI is InChI=1S/C8H8BrN3OS/c9-6-3-5(4-14-6)8-11-7(1-2-10)12-13-8/h3-4H,1-2,10H2. The highest BCUT2D eigenvalue weighted by Crippen LogP contribution is 2.27. The van der Waals surface area contributed by atoms with Crippen LogP contribution < -0.4 is 5.73 Å². The largest absolute Gasteiger partial charge is 0.334 e. The van der Waals surface area contributed by atoms with Crippen LogP contribution in [-0.4, -0.2) is 16.7 Å². The number of nitrogens with two attached hydrogens (primary N) is 1. The molecule has 0 atom stereocenters. The van der Waals surface area contributed by atoms with Crippen molar-refractivity contribution in [2.45, 2.75) is 6.42 Å². The molecule has 2 heterocycles. The minimum absolute atomic E-state index is 0.534. The molecular formula is C8H8BrN3OS. The van der Waals surface area contributed by atoms with Gasteiger partial charge in [-0.15, -0.1) is 11.3 Å². The molecule has 0 aliphatic carbocycles. The minimum atomic E-state index is 0.534. The fourth-order valence-electron chi connectivity index (χ4n) is 1.02. The average molecular weight is 274 g/mol. The highest BCUT2D eigenvalue weighted by molar-refractivity contribution is 9.11. The van der Waals surface area contributed by atoms with Crippen LogP contribution in [0.3, 0.4) is 0 Å². The van der Waals surface area contributed by atoms with Crippen molar-refractivity contribution in [3.8, 4) is 11.5 Å². The Balaban J connectivity index is 2.24. The Morgan fingerprint density at radius 1 is 1.57 bits per heavy atom. The molecule has 0 spiro atoms. The van der Waals surface area contributed by atoms with Gasteiger partial charge in [-0.25, -0.2) is 0 Å². The lowest BCUT2D eigenvalue weighted by Gasteiger charge is -1.84. The number of rotatable bonds is 3. The summed E-state index contributed by atoms with van der Waals surface area (Å²) in [4.78, 5) is 4.21. The fraction of sp³-hybridized carbons (Fsp3) is 0.250. The first-order valence-corrected chi connectivity index (χ1v) is 5.74. The van der Waals surface area contributed by atoms with E-state index in [-0.39, 0.29) is 0 Å². The third kappa shape index (κ3) is 2.02. The topological polar surface area (TPSA) is 64.9 Å². The van der Waals surface area contributed by atoms with E-state index in [9.17, 15) is 0 Å². The van der Waals surface area contributed by atoms with Crippen LogP contribution in [0.1, 0.15) is 5.82 Å². The van der Waals surface area contributed by atoms with Gasteiger partial charge >= 0.3 is 0 Å². The van der Waals surface area contributed by atoms with Crippen LogP contribution in [-0.2, 0) is 6.42 Å². The average Bonchev–Trinajstić information content (AvgIpc) is 2.74. The molecule has 0 saturated carbocycles. The van der Waals surface area contributed by atoms with Gasteiger partial charge in [0.05, 0.1) is 9.35 Å². The predicted molar refractivity (Wildman–Crippen MR) is 58.1 cm³/mol. The second-order valence-corrected chi connectivity index (χ2v) is 4.98. The van der Waals surface area contributed by atoms with Crippen LogP contribution >= 0.6 is 27.3 Å². The summed E-state index contributed by atoms with van der Waals surface area (Å²) in [5.74, 6) is 1.21. The lowest BCUT2D eigenvalue weighted by atomic mass is 10.3. The molecule has 2 N–H and O–H groups in total. The van der Waals surface area contributed by atoms with E-state index in [0.29, 0.717) is 24.7 Å². The Hall–Kier alpha value is -0.720. The third-order valence-electron chi connectivity index (χ3n) is 1.65. The molecule has 0 aliphatic rings. The molecule has 4 nitrogen and oxygen atoms in total. The summed E-state index contributed by atoms with van der Waals surface area (Å²) < 4.78 is 6.13. The molecule has 0 aromatic carbocycles. The van der Waals surface area contributed by atoms with Crippen LogP contribution in [0, 0.1) is 0 Å². The molecule has 74 valence electrons. The van der Waals surface area contributed by atoms with E-state index in [0.717, 1.165) is 9.35 Å². The SMILES string of the molecule is NCCc1noc(-c2csc(Br)c2)n1. The van der Waals surface area contributed by atoms with Crippen LogP contribution in [0.15, 0.2) is 19.8 Å². The van der Waals surface area contributed by atoms with E-state index in [1.54, 1.807) is 11.3 Å². The van der Waals surface area contributed by atoms with Gasteiger partial charge in [0.2, 0.25) is 0 Å². The Morgan fingerprint density at radius 3 is 3.07 bits per heavy atom. The van der Waals surface area contributed by atoms with Gasteiger partial charge in [0, 0.05) is 11.8 Å². The van der Waals surface area contributed by atoms with E-state index in [4.69, 9.17) is 10.3 Å². The lowest BCUT2D eigenvalue weighted by Crippen LogP contribution is -2.03. The van der Waals surface area contributed by atoms with E-state index < -0.39 is 0 Å². The van der Waals surface area contributed by atoms with E-state index in [2.05, 4.69) is 26.1 Å². The third-order valence-corrected chi connectivity index (χ3v) is 3.15. The first-order valence-electron chi connectivity index (χ1n) is 4.06. The maximum Gasteiger partial charge on any atom is 0.258 e. The van der Waals surface area contributed by atoms with Gasteiger partial charge in [-0.2, -0.15) is 4.98 Å². The van der Waals surface area contributed by atoms with Crippen molar-refractivity contribution in [3.63, 3.8) is 0 Å². The number of hydrogen-bond acceptors (Lipinski definition) is 5. The van der Waals surface area contributed by atoms with Gasteiger partial charge in [0.1, 0.15) is 0 Å². The molecule has 0 amide bonds. The Labute approximate surface area is 93.3 Å². The number of thiophene rings is 1. The van der Waals surface area contributed by atoms with Gasteiger partial charge < -0.3 is 10.3 Å². The number of hydrogen-bond donors (Lipinski definition) is 1. The van der Waals surface area contributed by atoms with Crippen molar-refractivity contribution >= 4 is 27.3 Å². The Kier molecular flexibility index (Phi) is 2.95. The zero-order valence-corrected chi connectivity index (χ0v) is 9.64. The summed E-state index contributed by atoms with van der Waals surface area (Å²) in [6.45, 7) is 0.534. The summed E-state index contributed by atoms with van der Waals surface area (Å²) in [7, 11) is 0. The van der Waals surface area contributed by atoms with Gasteiger partial charge in [0.25, 0.3) is 5.89 Å². The molecule has 2 aromatic rings. The molecule has 2 aromatic heterocycles. The van der Waals surface area contributed by atoms with Crippen LogP contribution in [0.4, 0.5) is 0 Å². The molecular weight excluding hydrogens is 266 g/mol. The Bertz CT molecular complexity index is 426. The molecule has 0 bridgehead atoms. The monoisotopic (exact) mass is 273 g/mol. The molecule has 0 fully saturated rings. The van der Waals surface area contributed by atoms with E-state index in [1.165, 1.54) is 0 Å². The van der Waals surface area contributed by atoms with E-state index in [1.807, 2.05) is 11.4 Å². The van der Waals surface area contributed by atoms with Crippen molar-refractivity contribution in [1.29, 1.82) is 0 Å². The Morgan fingerprint density at radius 2 is 2.43 bits per heavy atom. The van der Waals surface area contributed by atoms with Gasteiger partial charge in [-0.05, 0) is 28.5 Å². The summed E-state index contributed by atoms with van der Waals surface area (Å²) in [6, 6.07) is 1.95. The summed E-state index contributed by atoms with van der Waals surface area (Å²) in [5, 5.41) is 5.78. The van der Waals surface area contributed by atoms with Crippen molar-refractivity contribution in [2.75, 3.05) is 6.54 Å². The summed E-state index contributed by atoms with van der Waals surface area (Å²) in [6.07, 6.45) is 0.648. The minimum Gasteiger partial charge on any atom is -0.334 e. The zero-order chi connectivity index (χ0) is 9.97. The first-order chi connectivity index (χ1) is 6.79. The zero-order valence-electron chi connectivity index (χ0n) is 7.24. The van der Waals surface area contributed by atoms with Crippen molar-refractivity contribution in [3.05, 3.63) is 21.1 Å². The lowest BCUT2D eigenvalue weighted by molar-refractivity contribution is 0.423. The quantitative estimate of drug-likeness (QED) is 0.930. The van der Waals surface area contributed by atoms with Crippen LogP contribution in [0.2, 0.25) is 0 Å². The maximum atomic E-state index is 5.39. The maximum absolute atomic E-state index is 5.39. The van der Waals surface area contributed by atoms with Crippen molar-refractivity contribution in [2.24, 2.45) is 5.73 Å². The summed E-state index contributed by atoms with van der Waals surface area (Å²) in [5.41, 5.74) is 6.33. The van der Waals surface area contributed by atoms with E-state index >= 15 is 0 Å². The molecule has 0 unspecified atom stereocenters. The normalized spacial score (nSPS) is 10.7. The van der Waals surface area contributed by atoms with Crippen molar-refractivity contribution in [1.82, 2.24) is 10.1 Å². The second-order valence-electron chi connectivity index (χ2n) is 2.69. The van der Waals surface area contributed by atoms with Crippen LogP contribution in [0.25, 0.3) is 11.5 Å². The second kappa shape index (κ2) is 4.20. The number of nitrogens with zero attached hydrogens (tertiary/aromatic N) is 2. The molecule has 0 radical (unpaired) electrons. The van der Waals surface area contributed by atoms with Crippen molar-refractivity contribution < 1.29 is 4.52 Å². The molecule has 0 aliphatic heterocycles. The molecule has 0 saturated heterocycles. The molecule has 6 heteroatoms. The highest BCUT2D eigenvalue weighted by Gasteiger charge is 2.09. The number of aromatic nitrogens is 2.